The van der Waals surface area contributed by atoms with Gasteiger partial charge in [0.2, 0.25) is 5.91 Å². The maximum absolute atomic E-state index is 13.3. The predicted molar refractivity (Wildman–Crippen MR) is 124 cm³/mol. The first kappa shape index (κ1) is 23.0. The quantitative estimate of drug-likeness (QED) is 0.469. The number of rotatable bonds is 7. The van der Waals surface area contributed by atoms with Gasteiger partial charge >= 0.3 is 12.1 Å². The second-order valence-corrected chi connectivity index (χ2v) is 8.12. The molecule has 8 heteroatoms. The first-order valence-electron chi connectivity index (χ1n) is 10.8. The van der Waals surface area contributed by atoms with Crippen molar-refractivity contribution in [2.45, 2.75) is 25.3 Å². The predicted octanol–water partition coefficient (Wildman–Crippen LogP) is 4.78. The summed E-state index contributed by atoms with van der Waals surface area (Å²) < 4.78 is 18.8. The number of fused-ring (bicyclic) bond motifs is 3. The Hall–Kier alpha value is -4.20. The van der Waals surface area contributed by atoms with Crippen LogP contribution >= 0.6 is 0 Å². The fourth-order valence-electron chi connectivity index (χ4n) is 4.17. The first-order chi connectivity index (χ1) is 16.3. The van der Waals surface area contributed by atoms with E-state index in [9.17, 15) is 23.9 Å². The van der Waals surface area contributed by atoms with E-state index < -0.39 is 29.8 Å². The molecule has 7 nitrogen and oxygen atoms in total. The van der Waals surface area contributed by atoms with E-state index in [2.05, 4.69) is 10.6 Å². The topological polar surface area (TPSA) is 105 Å². The Balaban J connectivity index is 1.32. The lowest BCUT2D eigenvalue weighted by Gasteiger charge is -2.17. The molecule has 1 aliphatic rings. The fourth-order valence-corrected chi connectivity index (χ4v) is 4.17. The van der Waals surface area contributed by atoms with Crippen molar-refractivity contribution in [1.82, 2.24) is 5.32 Å². The minimum Gasteiger partial charge on any atom is -0.478 e. The summed E-state index contributed by atoms with van der Waals surface area (Å²) in [6.45, 7) is 1.78. The monoisotopic (exact) mass is 462 g/mol. The van der Waals surface area contributed by atoms with Crippen LogP contribution in [0.25, 0.3) is 11.1 Å². The van der Waals surface area contributed by atoms with E-state index in [0.29, 0.717) is 0 Å². The van der Waals surface area contributed by atoms with Crippen LogP contribution < -0.4 is 10.6 Å². The fraction of sp³-hybridized carbons (Fsp3) is 0.192. The zero-order valence-corrected chi connectivity index (χ0v) is 18.4. The van der Waals surface area contributed by atoms with Gasteiger partial charge < -0.3 is 20.5 Å². The summed E-state index contributed by atoms with van der Waals surface area (Å²) in [6.07, 6.45) is -0.782. The molecular formula is C26H23FN2O5. The second-order valence-electron chi connectivity index (χ2n) is 8.12. The summed E-state index contributed by atoms with van der Waals surface area (Å²) in [6, 6.07) is 18.5. The summed E-state index contributed by atoms with van der Waals surface area (Å²) in [4.78, 5) is 36.0. The van der Waals surface area contributed by atoms with Gasteiger partial charge in [-0.15, -0.1) is 0 Å². The number of hydrogen-bond acceptors (Lipinski definition) is 4. The lowest BCUT2D eigenvalue weighted by molar-refractivity contribution is -0.116. The molecule has 0 fully saturated rings. The lowest BCUT2D eigenvalue weighted by atomic mass is 9.98. The molecule has 0 bridgehead atoms. The third-order valence-electron chi connectivity index (χ3n) is 5.69. The van der Waals surface area contributed by atoms with Gasteiger partial charge in [-0.25, -0.2) is 14.0 Å². The van der Waals surface area contributed by atoms with E-state index in [0.717, 1.165) is 34.4 Å². The zero-order chi connectivity index (χ0) is 24.2. The maximum Gasteiger partial charge on any atom is 0.407 e. The molecule has 34 heavy (non-hydrogen) atoms. The van der Waals surface area contributed by atoms with Crippen LogP contribution in [0.2, 0.25) is 0 Å². The maximum atomic E-state index is 13.3. The van der Waals surface area contributed by atoms with Gasteiger partial charge in [0.1, 0.15) is 12.4 Å². The molecule has 1 atom stereocenters. The molecule has 0 aliphatic heterocycles. The third kappa shape index (κ3) is 4.91. The summed E-state index contributed by atoms with van der Waals surface area (Å²) in [7, 11) is 0. The molecule has 0 heterocycles. The average molecular weight is 462 g/mol. The number of carbonyl (C=O) groups excluding carboxylic acids is 2. The molecule has 4 rings (SSSR count). The highest BCUT2D eigenvalue weighted by Gasteiger charge is 2.29. The number of anilines is 1. The van der Waals surface area contributed by atoms with E-state index in [4.69, 9.17) is 4.74 Å². The van der Waals surface area contributed by atoms with Crippen LogP contribution in [0.15, 0.2) is 66.7 Å². The van der Waals surface area contributed by atoms with Gasteiger partial charge in [-0.2, -0.15) is 0 Å². The third-order valence-corrected chi connectivity index (χ3v) is 5.69. The minimum atomic E-state index is -1.36. The van der Waals surface area contributed by atoms with Crippen molar-refractivity contribution in [3.8, 4) is 11.1 Å². The average Bonchev–Trinajstić information content (AvgIpc) is 3.12. The molecule has 3 aromatic carbocycles. The molecule has 3 aromatic rings. The van der Waals surface area contributed by atoms with Crippen molar-refractivity contribution in [3.05, 3.63) is 89.2 Å². The minimum absolute atomic E-state index is 0.0211. The Kier molecular flexibility index (Phi) is 6.58. The number of nitrogens with one attached hydrogen (secondary N) is 2. The summed E-state index contributed by atoms with van der Waals surface area (Å²) in [5, 5.41) is 14.2. The highest BCUT2D eigenvalue weighted by molar-refractivity contribution is 6.00. The molecule has 3 N–H and O–H groups in total. The number of alkyl carbamates (subject to hydrolysis) is 1. The van der Waals surface area contributed by atoms with Gasteiger partial charge in [-0.1, -0.05) is 48.5 Å². The van der Waals surface area contributed by atoms with E-state index in [1.54, 1.807) is 6.92 Å². The van der Waals surface area contributed by atoms with Crippen molar-refractivity contribution < 1.29 is 28.6 Å². The van der Waals surface area contributed by atoms with Gasteiger partial charge in [0.15, 0.2) is 0 Å². The van der Waals surface area contributed by atoms with Gasteiger partial charge in [0.25, 0.3) is 0 Å². The van der Waals surface area contributed by atoms with Gasteiger partial charge in [-0.3, -0.25) is 4.79 Å². The van der Waals surface area contributed by atoms with Crippen molar-refractivity contribution in [1.29, 1.82) is 0 Å². The van der Waals surface area contributed by atoms with Crippen molar-refractivity contribution in [2.75, 3.05) is 11.9 Å². The smallest absolute Gasteiger partial charge is 0.407 e. The standard InChI is InChI=1S/C26H23FN2O5/c1-15(12-24(30)29-23-11-10-16(27)13-21(23)25(31)32)28-26(33)34-14-22-19-8-4-2-6-17(19)18-7-3-5-9-20(18)22/h2-11,13,15,22H,12,14H2,1H3,(H,28,33)(H,29,30)(H,31,32). The SMILES string of the molecule is CC(CC(=O)Nc1ccc(F)cc1C(=O)O)NC(=O)OCC1c2ccccc2-c2ccccc21. The first-order valence-corrected chi connectivity index (χ1v) is 10.8. The Bertz CT molecular complexity index is 1210. The summed E-state index contributed by atoms with van der Waals surface area (Å²) in [5.41, 5.74) is 4.06. The van der Waals surface area contributed by atoms with Crippen LogP contribution in [-0.4, -0.2) is 35.7 Å². The van der Waals surface area contributed by atoms with Crippen LogP contribution in [0.3, 0.4) is 0 Å². The zero-order valence-electron chi connectivity index (χ0n) is 18.4. The number of amides is 2. The Morgan fingerprint density at radius 2 is 1.62 bits per heavy atom. The number of ether oxygens (including phenoxy) is 1. The summed E-state index contributed by atoms with van der Waals surface area (Å²) >= 11 is 0. The highest BCUT2D eigenvalue weighted by atomic mass is 19.1. The Labute approximate surface area is 195 Å². The number of benzene rings is 3. The number of carboxylic acids is 1. The molecule has 1 unspecified atom stereocenters. The molecule has 2 amide bonds. The lowest BCUT2D eigenvalue weighted by Crippen LogP contribution is -2.36. The number of carboxylic acid groups (broad SMARTS) is 1. The van der Waals surface area contributed by atoms with Crippen molar-refractivity contribution in [3.63, 3.8) is 0 Å². The van der Waals surface area contributed by atoms with Crippen molar-refractivity contribution >= 4 is 23.7 Å². The van der Waals surface area contributed by atoms with E-state index in [1.807, 2.05) is 48.5 Å². The van der Waals surface area contributed by atoms with Crippen LogP contribution in [0.1, 0.15) is 40.7 Å². The van der Waals surface area contributed by atoms with Crippen LogP contribution in [0.4, 0.5) is 14.9 Å². The van der Waals surface area contributed by atoms with Gasteiger partial charge in [0.05, 0.1) is 11.3 Å². The molecule has 1 aliphatic carbocycles. The van der Waals surface area contributed by atoms with Gasteiger partial charge in [-0.05, 0) is 47.4 Å². The largest absolute Gasteiger partial charge is 0.478 e. The Morgan fingerprint density at radius 1 is 1.00 bits per heavy atom. The number of carbonyl (C=O) groups is 3. The normalized spacial score (nSPS) is 12.9. The van der Waals surface area contributed by atoms with Gasteiger partial charge in [0, 0.05) is 18.4 Å². The highest BCUT2D eigenvalue weighted by Crippen LogP contribution is 2.44. The number of hydrogen-bond donors (Lipinski definition) is 3. The van der Waals surface area contributed by atoms with Crippen LogP contribution in [0.5, 0.6) is 0 Å². The summed E-state index contributed by atoms with van der Waals surface area (Å²) in [5.74, 6) is -2.69. The molecule has 0 spiro atoms. The number of aromatic carboxylic acids is 1. The van der Waals surface area contributed by atoms with E-state index in [-0.39, 0.29) is 30.2 Å². The Morgan fingerprint density at radius 3 is 2.24 bits per heavy atom. The molecule has 0 radical (unpaired) electrons. The molecule has 0 aromatic heterocycles. The van der Waals surface area contributed by atoms with Crippen LogP contribution in [0, 0.1) is 5.82 Å². The second kappa shape index (κ2) is 9.74. The van der Waals surface area contributed by atoms with E-state index in [1.165, 1.54) is 6.07 Å². The molecule has 0 saturated heterocycles. The number of halogens is 1. The molecular weight excluding hydrogens is 439 g/mol. The molecule has 0 saturated carbocycles. The van der Waals surface area contributed by atoms with Crippen molar-refractivity contribution in [2.24, 2.45) is 0 Å². The van der Waals surface area contributed by atoms with E-state index >= 15 is 0 Å². The molecule has 174 valence electrons. The van der Waals surface area contributed by atoms with Crippen LogP contribution in [-0.2, 0) is 9.53 Å².